The molecule has 0 fully saturated rings. The molecule has 2 nitrogen and oxygen atoms in total. The summed E-state index contributed by atoms with van der Waals surface area (Å²) in [5.74, 6) is 0. The van der Waals surface area contributed by atoms with Crippen molar-refractivity contribution in [1.29, 1.82) is 0 Å². The second-order valence-electron chi connectivity index (χ2n) is 2.56. The lowest BCUT2D eigenvalue weighted by molar-refractivity contribution is 0.281. The SMILES string of the molecule is CC(N)[C@H](C)N(C)C. The smallest absolute Gasteiger partial charge is 0.0210 e. The van der Waals surface area contributed by atoms with Gasteiger partial charge in [0.15, 0.2) is 0 Å². The van der Waals surface area contributed by atoms with Crippen molar-refractivity contribution in [2.45, 2.75) is 25.9 Å². The molecule has 0 amide bonds. The van der Waals surface area contributed by atoms with Crippen molar-refractivity contribution in [3.8, 4) is 0 Å². The van der Waals surface area contributed by atoms with Crippen LogP contribution in [-0.4, -0.2) is 31.1 Å². The third-order valence-electron chi connectivity index (χ3n) is 1.58. The Labute approximate surface area is 51.7 Å². The maximum Gasteiger partial charge on any atom is 0.0210 e. The monoisotopic (exact) mass is 116 g/mol. The van der Waals surface area contributed by atoms with Gasteiger partial charge in [0, 0.05) is 12.1 Å². The van der Waals surface area contributed by atoms with Gasteiger partial charge in [-0.05, 0) is 27.9 Å². The van der Waals surface area contributed by atoms with Crippen molar-refractivity contribution in [3.63, 3.8) is 0 Å². The highest BCUT2D eigenvalue weighted by Gasteiger charge is 2.07. The highest BCUT2D eigenvalue weighted by Crippen LogP contribution is 1.93. The minimum atomic E-state index is 0.269. The first-order valence-electron chi connectivity index (χ1n) is 2.97. The van der Waals surface area contributed by atoms with Gasteiger partial charge in [-0.2, -0.15) is 0 Å². The van der Waals surface area contributed by atoms with Crippen molar-refractivity contribution < 1.29 is 0 Å². The predicted molar refractivity (Wildman–Crippen MR) is 36.8 cm³/mol. The van der Waals surface area contributed by atoms with E-state index < -0.39 is 0 Å². The molecule has 0 aromatic heterocycles. The molecule has 0 aliphatic rings. The van der Waals surface area contributed by atoms with Crippen molar-refractivity contribution in [3.05, 3.63) is 0 Å². The van der Waals surface area contributed by atoms with E-state index in [-0.39, 0.29) is 6.04 Å². The lowest BCUT2D eigenvalue weighted by Crippen LogP contribution is -2.39. The summed E-state index contributed by atoms with van der Waals surface area (Å²) in [6.45, 7) is 4.13. The number of rotatable bonds is 2. The van der Waals surface area contributed by atoms with Crippen LogP contribution in [-0.2, 0) is 0 Å². The van der Waals surface area contributed by atoms with Crippen LogP contribution < -0.4 is 5.73 Å². The molecule has 2 N–H and O–H groups in total. The third-order valence-corrected chi connectivity index (χ3v) is 1.58. The standard InChI is InChI=1S/C6H16N2/c1-5(7)6(2)8(3)4/h5-6H,7H2,1-4H3/t5?,6-/m0/s1. The number of hydrogen-bond donors (Lipinski definition) is 1. The van der Waals surface area contributed by atoms with Gasteiger partial charge in [-0.1, -0.05) is 0 Å². The quantitative estimate of drug-likeness (QED) is 0.561. The summed E-state index contributed by atoms with van der Waals surface area (Å²) in [6, 6.07) is 0.750. The molecule has 0 aliphatic heterocycles. The zero-order valence-corrected chi connectivity index (χ0v) is 6.18. The van der Waals surface area contributed by atoms with Crippen molar-refractivity contribution >= 4 is 0 Å². The van der Waals surface area contributed by atoms with Gasteiger partial charge in [-0.25, -0.2) is 0 Å². The number of likely N-dealkylation sites (N-methyl/N-ethyl adjacent to an activating group) is 1. The van der Waals surface area contributed by atoms with Crippen molar-refractivity contribution in [1.82, 2.24) is 4.90 Å². The fourth-order valence-corrected chi connectivity index (χ4v) is 0.470. The Kier molecular flexibility index (Phi) is 3.02. The van der Waals surface area contributed by atoms with E-state index in [0.29, 0.717) is 6.04 Å². The average molecular weight is 116 g/mol. The van der Waals surface area contributed by atoms with E-state index in [0.717, 1.165) is 0 Å². The zero-order chi connectivity index (χ0) is 6.73. The lowest BCUT2D eigenvalue weighted by Gasteiger charge is -2.22. The number of nitrogens with two attached hydrogens (primary N) is 1. The van der Waals surface area contributed by atoms with Gasteiger partial charge in [0.1, 0.15) is 0 Å². The predicted octanol–water partition coefficient (Wildman–Crippen LogP) is 0.284. The first-order valence-corrected chi connectivity index (χ1v) is 2.97. The Morgan fingerprint density at radius 2 is 1.62 bits per heavy atom. The van der Waals surface area contributed by atoms with Crippen LogP contribution in [0.15, 0.2) is 0 Å². The van der Waals surface area contributed by atoms with Crippen LogP contribution in [0.5, 0.6) is 0 Å². The van der Waals surface area contributed by atoms with Crippen molar-refractivity contribution in [2.24, 2.45) is 5.73 Å². The second-order valence-corrected chi connectivity index (χ2v) is 2.56. The van der Waals surface area contributed by atoms with Gasteiger partial charge in [-0.15, -0.1) is 0 Å². The maximum atomic E-state index is 5.60. The average Bonchev–Trinajstić information content (AvgIpc) is 1.64. The molecule has 0 aliphatic carbocycles. The molecule has 0 rings (SSSR count). The summed E-state index contributed by atoms with van der Waals surface area (Å²) in [5.41, 5.74) is 5.60. The number of hydrogen-bond acceptors (Lipinski definition) is 2. The fraction of sp³-hybridized carbons (Fsp3) is 1.00. The van der Waals surface area contributed by atoms with Gasteiger partial charge in [0.2, 0.25) is 0 Å². The minimum Gasteiger partial charge on any atom is -0.327 e. The van der Waals surface area contributed by atoms with Crippen LogP contribution in [0.1, 0.15) is 13.8 Å². The highest BCUT2D eigenvalue weighted by molar-refractivity contribution is 4.68. The molecular formula is C6H16N2. The summed E-state index contributed by atoms with van der Waals surface area (Å²) in [4.78, 5) is 2.12. The third kappa shape index (κ3) is 2.28. The largest absolute Gasteiger partial charge is 0.327 e. The van der Waals surface area contributed by atoms with Gasteiger partial charge in [0.25, 0.3) is 0 Å². The van der Waals surface area contributed by atoms with E-state index in [1.165, 1.54) is 0 Å². The molecule has 0 spiro atoms. The molecule has 0 bridgehead atoms. The Bertz CT molecular complexity index is 51.5. The van der Waals surface area contributed by atoms with Gasteiger partial charge in [-0.3, -0.25) is 0 Å². The van der Waals surface area contributed by atoms with E-state index in [4.69, 9.17) is 5.73 Å². The molecule has 50 valence electrons. The van der Waals surface area contributed by atoms with Crippen LogP contribution in [0, 0.1) is 0 Å². The molecule has 8 heavy (non-hydrogen) atoms. The molecule has 0 radical (unpaired) electrons. The normalized spacial score (nSPS) is 18.8. The molecule has 0 aromatic carbocycles. The van der Waals surface area contributed by atoms with Crippen molar-refractivity contribution in [2.75, 3.05) is 14.1 Å². The van der Waals surface area contributed by atoms with E-state index >= 15 is 0 Å². The molecular weight excluding hydrogens is 100 g/mol. The summed E-state index contributed by atoms with van der Waals surface area (Å²) in [7, 11) is 4.07. The molecule has 1 unspecified atom stereocenters. The van der Waals surface area contributed by atoms with Gasteiger partial charge in [0.05, 0.1) is 0 Å². The topological polar surface area (TPSA) is 29.3 Å². The zero-order valence-electron chi connectivity index (χ0n) is 6.18. The van der Waals surface area contributed by atoms with Crippen LogP contribution in [0.4, 0.5) is 0 Å². The maximum absolute atomic E-state index is 5.60. The molecule has 0 saturated carbocycles. The lowest BCUT2D eigenvalue weighted by atomic mass is 10.2. The molecule has 0 aromatic rings. The Balaban J connectivity index is 3.46. The summed E-state index contributed by atoms with van der Waals surface area (Å²) in [5, 5.41) is 0. The Hall–Kier alpha value is -0.0800. The fourth-order valence-electron chi connectivity index (χ4n) is 0.470. The van der Waals surface area contributed by atoms with Crippen LogP contribution in [0.3, 0.4) is 0 Å². The van der Waals surface area contributed by atoms with E-state index in [1.54, 1.807) is 0 Å². The first kappa shape index (κ1) is 7.92. The Morgan fingerprint density at radius 3 is 1.62 bits per heavy atom. The van der Waals surface area contributed by atoms with Crippen LogP contribution in [0.2, 0.25) is 0 Å². The summed E-state index contributed by atoms with van der Waals surface area (Å²) < 4.78 is 0. The van der Waals surface area contributed by atoms with E-state index in [2.05, 4.69) is 11.8 Å². The van der Waals surface area contributed by atoms with E-state index in [9.17, 15) is 0 Å². The van der Waals surface area contributed by atoms with Gasteiger partial charge < -0.3 is 10.6 Å². The summed E-state index contributed by atoms with van der Waals surface area (Å²) in [6.07, 6.45) is 0. The molecule has 2 heteroatoms. The molecule has 2 atom stereocenters. The second kappa shape index (κ2) is 3.05. The first-order chi connectivity index (χ1) is 3.55. The highest BCUT2D eigenvalue weighted by atomic mass is 15.1. The van der Waals surface area contributed by atoms with E-state index in [1.807, 2.05) is 21.0 Å². The van der Waals surface area contributed by atoms with Crippen LogP contribution in [0.25, 0.3) is 0 Å². The molecule has 0 saturated heterocycles. The molecule has 0 heterocycles. The van der Waals surface area contributed by atoms with Gasteiger partial charge >= 0.3 is 0 Å². The minimum absolute atomic E-state index is 0.269. The van der Waals surface area contributed by atoms with Crippen LogP contribution >= 0.6 is 0 Å². The summed E-state index contributed by atoms with van der Waals surface area (Å²) >= 11 is 0. The number of nitrogens with zero attached hydrogens (tertiary/aromatic N) is 1. The Morgan fingerprint density at radius 1 is 1.25 bits per heavy atom.